The average molecular weight is 282 g/mol. The molecule has 0 aromatic heterocycles. The Morgan fingerprint density at radius 2 is 2.00 bits per heavy atom. The molecule has 2 saturated heterocycles. The molecule has 2 N–H and O–H groups in total. The standard InChI is InChI=1S/C9H15N3O2.CH2Cl2/c13-8-2-1-3-12-7(5-11-8)4-10-6-9(12)14;2-1-3/h7,10H,1-6H2,(H,11,13);1H2. The second-order valence-electron chi connectivity index (χ2n) is 3.88. The number of carbonyl (C=O) groups excluding carboxylic acids is 2. The van der Waals surface area contributed by atoms with Gasteiger partial charge in [0.05, 0.1) is 17.9 Å². The van der Waals surface area contributed by atoms with Crippen LogP contribution in [-0.4, -0.2) is 54.3 Å². The van der Waals surface area contributed by atoms with Crippen LogP contribution in [0.25, 0.3) is 0 Å². The third-order valence-electron chi connectivity index (χ3n) is 2.76. The van der Waals surface area contributed by atoms with E-state index in [1.807, 2.05) is 4.90 Å². The quantitative estimate of drug-likeness (QED) is 0.620. The molecule has 2 rings (SSSR count). The van der Waals surface area contributed by atoms with Gasteiger partial charge in [-0.3, -0.25) is 9.59 Å². The van der Waals surface area contributed by atoms with Crippen molar-refractivity contribution in [3.63, 3.8) is 0 Å². The van der Waals surface area contributed by atoms with Gasteiger partial charge in [0.25, 0.3) is 0 Å². The smallest absolute Gasteiger partial charge is 0.236 e. The van der Waals surface area contributed by atoms with Gasteiger partial charge in [0.15, 0.2) is 0 Å². The number of halogens is 2. The van der Waals surface area contributed by atoms with Gasteiger partial charge in [-0.15, -0.1) is 23.2 Å². The van der Waals surface area contributed by atoms with E-state index in [4.69, 9.17) is 23.2 Å². The SMILES string of the molecule is ClCCl.O=C1CCCN2C(=O)CNCC2CN1. The van der Waals surface area contributed by atoms with Crippen molar-refractivity contribution < 1.29 is 9.59 Å². The molecule has 17 heavy (non-hydrogen) atoms. The van der Waals surface area contributed by atoms with E-state index in [1.165, 1.54) is 0 Å². The first-order valence-corrected chi connectivity index (χ1v) is 6.64. The summed E-state index contributed by atoms with van der Waals surface area (Å²) in [6.45, 7) is 2.52. The summed E-state index contributed by atoms with van der Waals surface area (Å²) in [6, 6.07) is 0.139. The van der Waals surface area contributed by atoms with E-state index in [0.717, 1.165) is 19.5 Å². The Morgan fingerprint density at radius 3 is 2.71 bits per heavy atom. The fraction of sp³-hybridized carbons (Fsp3) is 0.800. The summed E-state index contributed by atoms with van der Waals surface area (Å²) < 4.78 is 0. The number of amides is 2. The zero-order chi connectivity index (χ0) is 12.7. The minimum atomic E-state index is 0.0997. The molecule has 2 amide bonds. The molecule has 0 radical (unpaired) electrons. The molecular formula is C10H17Cl2N3O2. The largest absolute Gasteiger partial charge is 0.354 e. The zero-order valence-corrected chi connectivity index (χ0v) is 11.1. The van der Waals surface area contributed by atoms with Gasteiger partial charge in [0.2, 0.25) is 11.8 Å². The average Bonchev–Trinajstić information content (AvgIpc) is 2.27. The van der Waals surface area contributed by atoms with E-state index in [0.29, 0.717) is 19.5 Å². The molecule has 5 nitrogen and oxygen atoms in total. The van der Waals surface area contributed by atoms with Crippen molar-refractivity contribution >= 4 is 35.0 Å². The van der Waals surface area contributed by atoms with E-state index < -0.39 is 0 Å². The number of hydrogen-bond donors (Lipinski definition) is 2. The van der Waals surface area contributed by atoms with Crippen molar-refractivity contribution in [3.05, 3.63) is 0 Å². The number of fused-ring (bicyclic) bond motifs is 1. The van der Waals surface area contributed by atoms with Gasteiger partial charge in [0.1, 0.15) is 0 Å². The van der Waals surface area contributed by atoms with E-state index in [2.05, 4.69) is 10.6 Å². The van der Waals surface area contributed by atoms with Gasteiger partial charge in [-0.1, -0.05) is 0 Å². The number of nitrogens with one attached hydrogen (secondary N) is 2. The third-order valence-corrected chi connectivity index (χ3v) is 2.76. The van der Waals surface area contributed by atoms with Crippen LogP contribution in [0.15, 0.2) is 0 Å². The van der Waals surface area contributed by atoms with Gasteiger partial charge >= 0.3 is 0 Å². The molecule has 98 valence electrons. The van der Waals surface area contributed by atoms with E-state index in [1.54, 1.807) is 0 Å². The van der Waals surface area contributed by atoms with Gasteiger partial charge in [-0.2, -0.15) is 0 Å². The fourth-order valence-electron chi connectivity index (χ4n) is 1.98. The second kappa shape index (κ2) is 7.74. The van der Waals surface area contributed by atoms with Gasteiger partial charge in [-0.05, 0) is 6.42 Å². The van der Waals surface area contributed by atoms with Crippen LogP contribution in [0.3, 0.4) is 0 Å². The second-order valence-corrected chi connectivity index (χ2v) is 4.69. The molecule has 2 fully saturated rings. The number of rotatable bonds is 0. The maximum Gasteiger partial charge on any atom is 0.236 e. The minimum Gasteiger partial charge on any atom is -0.354 e. The lowest BCUT2D eigenvalue weighted by Gasteiger charge is -2.37. The van der Waals surface area contributed by atoms with Crippen molar-refractivity contribution in [1.29, 1.82) is 0 Å². The highest BCUT2D eigenvalue weighted by molar-refractivity contribution is 6.40. The molecule has 1 unspecified atom stereocenters. The lowest BCUT2D eigenvalue weighted by atomic mass is 10.1. The van der Waals surface area contributed by atoms with Gasteiger partial charge < -0.3 is 15.5 Å². The number of hydrogen-bond acceptors (Lipinski definition) is 3. The molecule has 2 heterocycles. The summed E-state index contributed by atoms with van der Waals surface area (Å²) in [5, 5.41) is 6.08. The molecule has 0 aromatic rings. The topological polar surface area (TPSA) is 61.4 Å². The molecule has 7 heteroatoms. The first-order valence-electron chi connectivity index (χ1n) is 5.58. The molecule has 2 aliphatic heterocycles. The highest BCUT2D eigenvalue weighted by Gasteiger charge is 2.28. The van der Waals surface area contributed by atoms with Crippen molar-refractivity contribution in [2.24, 2.45) is 0 Å². The molecule has 2 aliphatic rings. The summed E-state index contributed by atoms with van der Waals surface area (Å²) in [7, 11) is 0. The van der Waals surface area contributed by atoms with Crippen LogP contribution >= 0.6 is 23.2 Å². The fourth-order valence-corrected chi connectivity index (χ4v) is 1.98. The summed E-state index contributed by atoms with van der Waals surface area (Å²) in [5.41, 5.74) is 0. The predicted octanol–water partition coefficient (Wildman–Crippen LogP) is 0.118. The van der Waals surface area contributed by atoms with Crippen molar-refractivity contribution in [2.45, 2.75) is 18.9 Å². The van der Waals surface area contributed by atoms with Crippen LogP contribution < -0.4 is 10.6 Å². The maximum absolute atomic E-state index is 11.5. The highest BCUT2D eigenvalue weighted by atomic mass is 35.5. The Kier molecular flexibility index (Phi) is 6.62. The van der Waals surface area contributed by atoms with E-state index in [-0.39, 0.29) is 23.2 Å². The highest BCUT2D eigenvalue weighted by Crippen LogP contribution is 2.08. The number of carbonyl (C=O) groups is 2. The van der Waals surface area contributed by atoms with Crippen molar-refractivity contribution in [2.75, 3.05) is 31.5 Å². The number of piperazine rings is 1. The van der Waals surface area contributed by atoms with E-state index in [9.17, 15) is 9.59 Å². The number of alkyl halides is 2. The van der Waals surface area contributed by atoms with Crippen LogP contribution in [0.5, 0.6) is 0 Å². The lowest BCUT2D eigenvalue weighted by Crippen LogP contribution is -2.59. The lowest BCUT2D eigenvalue weighted by molar-refractivity contribution is -0.136. The normalized spacial score (nSPS) is 24.8. The monoisotopic (exact) mass is 281 g/mol. The number of nitrogens with zero attached hydrogens (tertiary/aromatic N) is 1. The Morgan fingerprint density at radius 1 is 1.29 bits per heavy atom. The summed E-state index contributed by atoms with van der Waals surface area (Å²) in [6.07, 6.45) is 1.30. The maximum atomic E-state index is 11.5. The van der Waals surface area contributed by atoms with E-state index >= 15 is 0 Å². The Hall–Kier alpha value is -0.520. The first kappa shape index (κ1) is 14.5. The van der Waals surface area contributed by atoms with Crippen LogP contribution in [0, 0.1) is 0 Å². The summed E-state index contributed by atoms with van der Waals surface area (Å²) in [4.78, 5) is 24.6. The Bertz CT molecular complexity index is 276. The van der Waals surface area contributed by atoms with Crippen molar-refractivity contribution in [3.8, 4) is 0 Å². The zero-order valence-electron chi connectivity index (χ0n) is 9.55. The van der Waals surface area contributed by atoms with Crippen LogP contribution in [-0.2, 0) is 9.59 Å². The predicted molar refractivity (Wildman–Crippen MR) is 67.2 cm³/mol. The Labute approximate surface area is 111 Å². The molecular weight excluding hydrogens is 265 g/mol. The molecule has 0 spiro atoms. The third kappa shape index (κ3) is 4.69. The molecule has 0 saturated carbocycles. The molecule has 0 aliphatic carbocycles. The molecule has 1 atom stereocenters. The molecule has 0 bridgehead atoms. The van der Waals surface area contributed by atoms with Crippen molar-refractivity contribution in [1.82, 2.24) is 15.5 Å². The first-order chi connectivity index (χ1) is 8.19. The Balaban J connectivity index is 0.000000437. The molecule has 0 aromatic carbocycles. The minimum absolute atomic E-state index is 0.0997. The van der Waals surface area contributed by atoms with Crippen LogP contribution in [0.4, 0.5) is 0 Å². The summed E-state index contributed by atoms with van der Waals surface area (Å²) >= 11 is 9.53. The van der Waals surface area contributed by atoms with Crippen LogP contribution in [0.1, 0.15) is 12.8 Å². The summed E-state index contributed by atoms with van der Waals surface area (Å²) in [5.74, 6) is 0.250. The van der Waals surface area contributed by atoms with Gasteiger partial charge in [-0.25, -0.2) is 0 Å². The van der Waals surface area contributed by atoms with Crippen LogP contribution in [0.2, 0.25) is 0 Å². The van der Waals surface area contributed by atoms with Gasteiger partial charge in [0, 0.05) is 26.1 Å².